The summed E-state index contributed by atoms with van der Waals surface area (Å²) in [6, 6.07) is 8.17. The van der Waals surface area contributed by atoms with Crippen LogP contribution in [0.1, 0.15) is 26.7 Å². The summed E-state index contributed by atoms with van der Waals surface area (Å²) in [5.74, 6) is 1.84. The average Bonchev–Trinajstić information content (AvgIpc) is 2.32. The lowest BCUT2D eigenvalue weighted by Crippen LogP contribution is -2.29. The first kappa shape index (κ1) is 14.2. The summed E-state index contributed by atoms with van der Waals surface area (Å²) in [6.07, 6.45) is 2.22. The van der Waals surface area contributed by atoms with Crippen LogP contribution in [0.2, 0.25) is 0 Å². The molecule has 0 saturated heterocycles. The van der Waals surface area contributed by atoms with Crippen molar-refractivity contribution in [1.29, 1.82) is 0 Å². The number of rotatable bonds is 6. The highest BCUT2D eigenvalue weighted by atomic mass is 127. The molecule has 0 atom stereocenters. The van der Waals surface area contributed by atoms with Gasteiger partial charge in [0.1, 0.15) is 5.75 Å². The lowest BCUT2D eigenvalue weighted by atomic mass is 9.85. The Labute approximate surface area is 118 Å². The van der Waals surface area contributed by atoms with Crippen LogP contribution < -0.4 is 4.74 Å². The summed E-state index contributed by atoms with van der Waals surface area (Å²) in [7, 11) is 0. The number of halogens is 1. The van der Waals surface area contributed by atoms with Crippen molar-refractivity contribution in [2.45, 2.75) is 26.7 Å². The van der Waals surface area contributed by atoms with E-state index in [1.165, 1.54) is 3.57 Å². The van der Waals surface area contributed by atoms with E-state index in [2.05, 4.69) is 61.2 Å². The van der Waals surface area contributed by atoms with Crippen molar-refractivity contribution >= 4 is 35.2 Å². The van der Waals surface area contributed by atoms with Crippen LogP contribution in [-0.4, -0.2) is 12.4 Å². The fourth-order valence-electron chi connectivity index (χ4n) is 1.52. The maximum Gasteiger partial charge on any atom is 0.120 e. The summed E-state index contributed by atoms with van der Waals surface area (Å²) >= 11 is 6.75. The number of hydrogen-bond acceptors (Lipinski definition) is 2. The lowest BCUT2D eigenvalue weighted by Gasteiger charge is -2.29. The first-order valence-electron chi connectivity index (χ1n) is 5.65. The maximum absolute atomic E-state index is 5.87. The van der Waals surface area contributed by atoms with Crippen molar-refractivity contribution in [1.82, 2.24) is 0 Å². The zero-order valence-corrected chi connectivity index (χ0v) is 12.9. The van der Waals surface area contributed by atoms with Gasteiger partial charge in [-0.1, -0.05) is 19.9 Å². The van der Waals surface area contributed by atoms with Crippen LogP contribution in [0, 0.1) is 8.99 Å². The van der Waals surface area contributed by atoms with Crippen molar-refractivity contribution in [3.63, 3.8) is 0 Å². The topological polar surface area (TPSA) is 9.23 Å². The maximum atomic E-state index is 5.87. The molecule has 0 aliphatic heterocycles. The Balaban J connectivity index is 2.62. The average molecular weight is 350 g/mol. The predicted octanol–water partition coefficient (Wildman–Crippen LogP) is 4.41. The molecule has 1 aromatic rings. The van der Waals surface area contributed by atoms with E-state index < -0.39 is 0 Å². The Bertz CT molecular complexity index is 315. The van der Waals surface area contributed by atoms with Gasteiger partial charge in [0.2, 0.25) is 0 Å². The first-order valence-corrected chi connectivity index (χ1v) is 7.36. The quantitative estimate of drug-likeness (QED) is 0.591. The molecule has 0 unspecified atom stereocenters. The van der Waals surface area contributed by atoms with E-state index in [1.54, 1.807) is 0 Å². The van der Waals surface area contributed by atoms with E-state index in [0.29, 0.717) is 0 Å². The molecule has 0 amide bonds. The molecule has 0 spiro atoms. The molecular weight excluding hydrogens is 331 g/mol. The lowest BCUT2D eigenvalue weighted by molar-refractivity contribution is 0.157. The summed E-state index contributed by atoms with van der Waals surface area (Å²) < 4.78 is 7.08. The van der Waals surface area contributed by atoms with Crippen LogP contribution in [0.5, 0.6) is 5.75 Å². The second-order valence-corrected chi connectivity index (χ2v) is 5.67. The Hall–Kier alpha value is 0.100. The number of thiol groups is 1. The van der Waals surface area contributed by atoms with Gasteiger partial charge in [-0.2, -0.15) is 12.6 Å². The van der Waals surface area contributed by atoms with Gasteiger partial charge in [-0.05, 0) is 59.4 Å². The number of hydrogen-bond donors (Lipinski definition) is 1. The Morgan fingerprint density at radius 3 is 2.50 bits per heavy atom. The van der Waals surface area contributed by atoms with Crippen LogP contribution in [0.25, 0.3) is 0 Å². The highest BCUT2D eigenvalue weighted by Gasteiger charge is 2.25. The molecule has 0 N–H and O–H groups in total. The van der Waals surface area contributed by atoms with Crippen molar-refractivity contribution in [3.8, 4) is 5.75 Å². The van der Waals surface area contributed by atoms with E-state index >= 15 is 0 Å². The molecule has 0 bridgehead atoms. The normalized spacial score (nSPS) is 11.5. The minimum Gasteiger partial charge on any atom is -0.493 e. The third kappa shape index (κ3) is 3.84. The van der Waals surface area contributed by atoms with E-state index in [0.717, 1.165) is 31.0 Å². The van der Waals surface area contributed by atoms with Gasteiger partial charge in [0.15, 0.2) is 0 Å². The summed E-state index contributed by atoms with van der Waals surface area (Å²) in [5, 5.41) is 0. The Morgan fingerprint density at radius 2 is 2.00 bits per heavy atom. The molecule has 0 aliphatic rings. The number of benzene rings is 1. The van der Waals surface area contributed by atoms with Crippen molar-refractivity contribution in [2.75, 3.05) is 12.4 Å². The molecule has 1 aromatic carbocycles. The summed E-state index contributed by atoms with van der Waals surface area (Å²) in [5.41, 5.74) is 0.213. The van der Waals surface area contributed by atoms with Gasteiger partial charge in [0.05, 0.1) is 6.61 Å². The van der Waals surface area contributed by atoms with E-state index in [4.69, 9.17) is 4.74 Å². The third-order valence-electron chi connectivity index (χ3n) is 3.18. The highest BCUT2D eigenvalue weighted by Crippen LogP contribution is 2.29. The number of ether oxygens (including phenoxy) is 1. The summed E-state index contributed by atoms with van der Waals surface area (Å²) in [4.78, 5) is 0. The van der Waals surface area contributed by atoms with Crippen LogP contribution in [0.15, 0.2) is 24.3 Å². The van der Waals surface area contributed by atoms with Crippen molar-refractivity contribution in [2.24, 2.45) is 5.41 Å². The molecular formula is C13H19IOS. The van der Waals surface area contributed by atoms with Crippen LogP contribution in [-0.2, 0) is 0 Å². The fraction of sp³-hybridized carbons (Fsp3) is 0.538. The molecule has 0 aliphatic carbocycles. The monoisotopic (exact) mass is 350 g/mol. The predicted molar refractivity (Wildman–Crippen MR) is 81.5 cm³/mol. The first-order chi connectivity index (χ1) is 7.65. The minimum atomic E-state index is 0.213. The van der Waals surface area contributed by atoms with Gasteiger partial charge in [0.25, 0.3) is 0 Å². The molecule has 3 heteroatoms. The van der Waals surface area contributed by atoms with Gasteiger partial charge in [-0.3, -0.25) is 0 Å². The van der Waals surface area contributed by atoms with Gasteiger partial charge >= 0.3 is 0 Å². The van der Waals surface area contributed by atoms with Gasteiger partial charge in [-0.15, -0.1) is 0 Å². The van der Waals surface area contributed by atoms with Gasteiger partial charge in [-0.25, -0.2) is 0 Å². The molecule has 1 nitrogen and oxygen atoms in total. The second-order valence-electron chi connectivity index (χ2n) is 4.11. The molecule has 16 heavy (non-hydrogen) atoms. The van der Waals surface area contributed by atoms with Gasteiger partial charge in [0, 0.05) is 8.99 Å². The fourth-order valence-corrected chi connectivity index (χ4v) is 2.57. The molecule has 1 rings (SSSR count). The molecule has 0 saturated carbocycles. The summed E-state index contributed by atoms with van der Waals surface area (Å²) in [6.45, 7) is 5.17. The van der Waals surface area contributed by atoms with Crippen molar-refractivity contribution in [3.05, 3.63) is 27.8 Å². The molecule has 0 fully saturated rings. The largest absolute Gasteiger partial charge is 0.493 e. The molecule has 0 aromatic heterocycles. The molecule has 0 radical (unpaired) electrons. The second kappa shape index (κ2) is 6.74. The van der Waals surface area contributed by atoms with E-state index in [9.17, 15) is 0 Å². The minimum absolute atomic E-state index is 0.213. The molecule has 90 valence electrons. The Kier molecular flexibility index (Phi) is 5.97. The van der Waals surface area contributed by atoms with Gasteiger partial charge < -0.3 is 4.74 Å². The zero-order valence-electron chi connectivity index (χ0n) is 9.87. The van der Waals surface area contributed by atoms with Crippen LogP contribution in [0.4, 0.5) is 0 Å². The van der Waals surface area contributed by atoms with Crippen LogP contribution in [0.3, 0.4) is 0 Å². The highest BCUT2D eigenvalue weighted by molar-refractivity contribution is 14.1. The molecule has 0 heterocycles. The zero-order chi connectivity index (χ0) is 12.0. The Morgan fingerprint density at radius 1 is 1.31 bits per heavy atom. The smallest absolute Gasteiger partial charge is 0.120 e. The third-order valence-corrected chi connectivity index (χ3v) is 4.52. The standard InChI is InChI=1S/C13H19IOS/c1-3-13(4-2,10-16)9-15-12-7-5-6-11(14)8-12/h5-8,16H,3-4,9-10H2,1-2H3. The van der Waals surface area contributed by atoms with Crippen molar-refractivity contribution < 1.29 is 4.74 Å². The SMILES string of the molecule is CCC(CC)(CS)COc1cccc(I)c1. The van der Waals surface area contributed by atoms with Crippen LogP contribution >= 0.6 is 35.2 Å². The van der Waals surface area contributed by atoms with E-state index in [1.807, 2.05) is 12.1 Å². The van der Waals surface area contributed by atoms with E-state index in [-0.39, 0.29) is 5.41 Å².